The second-order valence-corrected chi connectivity index (χ2v) is 6.61. The van der Waals surface area contributed by atoms with Gasteiger partial charge in [-0.15, -0.1) is 0 Å². The van der Waals surface area contributed by atoms with Crippen LogP contribution in [-0.4, -0.2) is 24.2 Å². The molecule has 2 rings (SSSR count). The molecule has 1 aromatic rings. The molecule has 2 N–H and O–H groups in total. The second kappa shape index (κ2) is 8.04. The van der Waals surface area contributed by atoms with Crippen LogP contribution in [0, 0.1) is 5.92 Å². The summed E-state index contributed by atoms with van der Waals surface area (Å²) >= 11 is 0. The van der Waals surface area contributed by atoms with E-state index in [0.29, 0.717) is 18.1 Å². The average Bonchev–Trinajstić information content (AvgIpc) is 2.50. The fourth-order valence-electron chi connectivity index (χ4n) is 3.20. The number of phenolic OH excluding ortho intramolecular Hbond substituents is 1. The van der Waals surface area contributed by atoms with E-state index in [9.17, 15) is 9.90 Å². The predicted molar refractivity (Wildman–Crippen MR) is 91.7 cm³/mol. The summed E-state index contributed by atoms with van der Waals surface area (Å²) in [5, 5.41) is 12.7. The van der Waals surface area contributed by atoms with Crippen molar-refractivity contribution >= 4 is 5.91 Å². The first-order chi connectivity index (χ1) is 11.0. The highest BCUT2D eigenvalue weighted by Gasteiger charge is 2.21. The van der Waals surface area contributed by atoms with Crippen molar-refractivity contribution in [1.82, 2.24) is 5.32 Å². The number of aromatic hydroxyl groups is 1. The Labute approximate surface area is 138 Å². The predicted octanol–water partition coefficient (Wildman–Crippen LogP) is 3.58. The van der Waals surface area contributed by atoms with Gasteiger partial charge >= 0.3 is 0 Å². The number of hydrogen-bond acceptors (Lipinski definition) is 3. The lowest BCUT2D eigenvalue weighted by Gasteiger charge is -2.27. The summed E-state index contributed by atoms with van der Waals surface area (Å²) in [5.74, 6) is 1.18. The SMILES string of the molecule is COc1cc(CC(=O)N[C@H]2CC[C@H](C=C(C)C)CC2)ccc1O. The molecule has 1 saturated carbocycles. The molecule has 4 nitrogen and oxygen atoms in total. The van der Waals surface area contributed by atoms with Crippen molar-refractivity contribution in [2.75, 3.05) is 7.11 Å². The molecule has 4 heteroatoms. The van der Waals surface area contributed by atoms with Gasteiger partial charge in [-0.2, -0.15) is 0 Å². The molecule has 0 atom stereocenters. The number of carbonyl (C=O) groups is 1. The van der Waals surface area contributed by atoms with E-state index in [1.54, 1.807) is 18.2 Å². The molecule has 1 amide bonds. The van der Waals surface area contributed by atoms with E-state index in [0.717, 1.165) is 31.2 Å². The Morgan fingerprint density at radius 3 is 2.61 bits per heavy atom. The van der Waals surface area contributed by atoms with E-state index in [2.05, 4.69) is 25.2 Å². The maximum absolute atomic E-state index is 12.2. The van der Waals surface area contributed by atoms with Gasteiger partial charge in [-0.3, -0.25) is 4.79 Å². The van der Waals surface area contributed by atoms with Crippen LogP contribution >= 0.6 is 0 Å². The highest BCUT2D eigenvalue weighted by atomic mass is 16.5. The van der Waals surface area contributed by atoms with Gasteiger partial charge in [-0.1, -0.05) is 17.7 Å². The molecule has 1 aliphatic rings. The minimum atomic E-state index is 0.0309. The molecule has 1 aliphatic carbocycles. The molecule has 0 radical (unpaired) electrons. The van der Waals surface area contributed by atoms with Crippen molar-refractivity contribution in [2.24, 2.45) is 5.92 Å². The van der Waals surface area contributed by atoms with E-state index in [-0.39, 0.29) is 17.7 Å². The van der Waals surface area contributed by atoms with Crippen molar-refractivity contribution in [3.8, 4) is 11.5 Å². The smallest absolute Gasteiger partial charge is 0.224 e. The summed E-state index contributed by atoms with van der Waals surface area (Å²) in [6, 6.07) is 5.30. The van der Waals surface area contributed by atoms with Crippen LogP contribution in [0.3, 0.4) is 0 Å². The number of rotatable bonds is 5. The van der Waals surface area contributed by atoms with Crippen LogP contribution in [0.15, 0.2) is 29.8 Å². The highest BCUT2D eigenvalue weighted by Crippen LogP contribution is 2.27. The van der Waals surface area contributed by atoms with Gasteiger partial charge in [0.2, 0.25) is 5.91 Å². The Hall–Kier alpha value is -1.97. The molecule has 0 heterocycles. The van der Waals surface area contributed by atoms with Gasteiger partial charge in [0.15, 0.2) is 11.5 Å². The Morgan fingerprint density at radius 2 is 2.00 bits per heavy atom. The van der Waals surface area contributed by atoms with Crippen LogP contribution in [0.1, 0.15) is 45.1 Å². The van der Waals surface area contributed by atoms with Gasteiger partial charge in [-0.05, 0) is 63.1 Å². The number of carbonyl (C=O) groups excluding carboxylic acids is 1. The van der Waals surface area contributed by atoms with Crippen molar-refractivity contribution in [3.05, 3.63) is 35.4 Å². The Bertz CT molecular complexity index is 568. The highest BCUT2D eigenvalue weighted by molar-refractivity contribution is 5.79. The molecule has 0 bridgehead atoms. The summed E-state index contributed by atoms with van der Waals surface area (Å²) in [6.07, 6.45) is 7.02. The lowest BCUT2D eigenvalue weighted by molar-refractivity contribution is -0.121. The average molecular weight is 317 g/mol. The van der Waals surface area contributed by atoms with Crippen LogP contribution < -0.4 is 10.1 Å². The molecule has 1 aromatic carbocycles. The maximum atomic E-state index is 12.2. The van der Waals surface area contributed by atoms with E-state index < -0.39 is 0 Å². The molecule has 1 fully saturated rings. The standard InChI is InChI=1S/C19H27NO3/c1-13(2)10-14-4-7-16(8-5-14)20-19(22)12-15-6-9-17(21)18(11-15)23-3/h6,9-11,14,16,21H,4-5,7-8,12H2,1-3H3,(H,20,22)/t14-,16-. The van der Waals surface area contributed by atoms with Crippen molar-refractivity contribution in [1.29, 1.82) is 0 Å². The van der Waals surface area contributed by atoms with Crippen molar-refractivity contribution in [2.45, 2.75) is 52.0 Å². The van der Waals surface area contributed by atoms with Crippen molar-refractivity contribution in [3.63, 3.8) is 0 Å². The van der Waals surface area contributed by atoms with Gasteiger partial charge in [0.05, 0.1) is 13.5 Å². The van der Waals surface area contributed by atoms with Crippen LogP contribution in [0.5, 0.6) is 11.5 Å². The third-order valence-corrected chi connectivity index (χ3v) is 4.31. The molecule has 126 valence electrons. The molecular weight excluding hydrogens is 290 g/mol. The van der Waals surface area contributed by atoms with Gasteiger partial charge < -0.3 is 15.2 Å². The first kappa shape index (κ1) is 17.4. The number of allylic oxidation sites excluding steroid dienone is 2. The molecular formula is C19H27NO3. The maximum Gasteiger partial charge on any atom is 0.224 e. The van der Waals surface area contributed by atoms with Gasteiger partial charge in [0, 0.05) is 6.04 Å². The molecule has 23 heavy (non-hydrogen) atoms. The van der Waals surface area contributed by atoms with Crippen LogP contribution in [0.25, 0.3) is 0 Å². The van der Waals surface area contributed by atoms with E-state index in [1.165, 1.54) is 12.7 Å². The number of ether oxygens (including phenoxy) is 1. The molecule has 0 aromatic heterocycles. The zero-order valence-electron chi connectivity index (χ0n) is 14.3. The number of phenols is 1. The number of benzene rings is 1. The summed E-state index contributed by atoms with van der Waals surface area (Å²) in [7, 11) is 1.50. The monoisotopic (exact) mass is 317 g/mol. The van der Waals surface area contributed by atoms with Gasteiger partial charge in [0.1, 0.15) is 0 Å². The topological polar surface area (TPSA) is 58.6 Å². The fourth-order valence-corrected chi connectivity index (χ4v) is 3.20. The number of amides is 1. The first-order valence-corrected chi connectivity index (χ1v) is 8.28. The Kier molecular flexibility index (Phi) is 6.08. The molecule has 0 aliphatic heterocycles. The lowest BCUT2D eigenvalue weighted by atomic mass is 9.85. The van der Waals surface area contributed by atoms with Crippen LogP contribution in [0.2, 0.25) is 0 Å². The van der Waals surface area contributed by atoms with E-state index >= 15 is 0 Å². The summed E-state index contributed by atoms with van der Waals surface area (Å²) in [5.41, 5.74) is 2.22. The van der Waals surface area contributed by atoms with Gasteiger partial charge in [-0.25, -0.2) is 0 Å². The minimum Gasteiger partial charge on any atom is -0.504 e. The third-order valence-electron chi connectivity index (χ3n) is 4.31. The summed E-state index contributed by atoms with van der Waals surface area (Å²) < 4.78 is 5.07. The summed E-state index contributed by atoms with van der Waals surface area (Å²) in [6.45, 7) is 4.28. The minimum absolute atomic E-state index is 0.0309. The Morgan fingerprint density at radius 1 is 1.30 bits per heavy atom. The quantitative estimate of drug-likeness (QED) is 0.816. The molecule has 0 saturated heterocycles. The van der Waals surface area contributed by atoms with E-state index in [4.69, 9.17) is 4.74 Å². The zero-order valence-corrected chi connectivity index (χ0v) is 14.3. The lowest BCUT2D eigenvalue weighted by Crippen LogP contribution is -2.38. The normalized spacial score (nSPS) is 20.7. The van der Waals surface area contributed by atoms with Crippen LogP contribution in [0.4, 0.5) is 0 Å². The zero-order chi connectivity index (χ0) is 16.8. The number of nitrogens with one attached hydrogen (secondary N) is 1. The Balaban J connectivity index is 1.83. The van der Waals surface area contributed by atoms with Crippen molar-refractivity contribution < 1.29 is 14.6 Å². The largest absolute Gasteiger partial charge is 0.504 e. The molecule has 0 spiro atoms. The third kappa shape index (κ3) is 5.31. The second-order valence-electron chi connectivity index (χ2n) is 6.61. The fraction of sp³-hybridized carbons (Fsp3) is 0.526. The van der Waals surface area contributed by atoms with Gasteiger partial charge in [0.25, 0.3) is 0 Å². The summed E-state index contributed by atoms with van der Waals surface area (Å²) in [4.78, 5) is 12.2. The first-order valence-electron chi connectivity index (χ1n) is 8.28. The van der Waals surface area contributed by atoms with Crippen LogP contribution in [-0.2, 0) is 11.2 Å². The number of methoxy groups -OCH3 is 1. The van der Waals surface area contributed by atoms with E-state index in [1.807, 2.05) is 0 Å². The number of hydrogen-bond donors (Lipinski definition) is 2. The molecule has 0 unspecified atom stereocenters.